The summed E-state index contributed by atoms with van der Waals surface area (Å²) < 4.78 is 0. The second-order valence-electron chi connectivity index (χ2n) is 13.6. The van der Waals surface area contributed by atoms with E-state index in [1.807, 2.05) is 66.7 Å². The molecule has 0 amide bonds. The molecule has 0 N–H and O–H groups in total. The molecular weight excluding hydrogens is 658 g/mol. The molecule has 0 aliphatic heterocycles. The summed E-state index contributed by atoms with van der Waals surface area (Å²) in [7, 11) is 45.3. The molecule has 3 nitrogen and oxygen atoms in total. The quantitative estimate of drug-likeness (QED) is 0.263. The van der Waals surface area contributed by atoms with Crippen LogP contribution >= 0.6 is 0 Å². The third-order valence-electron chi connectivity index (χ3n) is 10.3. The summed E-state index contributed by atoms with van der Waals surface area (Å²) in [6, 6.07) is 45.1. The lowest BCUT2D eigenvalue weighted by molar-refractivity contribution is 1.08. The molecule has 0 bridgehead atoms. The maximum atomic E-state index is 6.70. The zero-order valence-electron chi connectivity index (χ0n) is 29.6. The molecule has 0 saturated carbocycles. The molecule has 1 heterocycles. The van der Waals surface area contributed by atoms with Crippen LogP contribution in [0.25, 0.3) is 88.7 Å². The first-order chi connectivity index (χ1) is 26.7. The fourth-order valence-electron chi connectivity index (χ4n) is 7.32. The molecule has 55 heavy (non-hydrogen) atoms. The molecule has 0 spiro atoms. The second kappa shape index (κ2) is 13.7. The van der Waals surface area contributed by atoms with Crippen LogP contribution in [0.5, 0.6) is 0 Å². The number of hydrogen-bond acceptors (Lipinski definition) is 3. The Morgan fingerprint density at radius 1 is 0.273 bits per heavy atom. The predicted molar refractivity (Wildman–Crippen MR) is 237 cm³/mol. The molecule has 9 aromatic rings. The number of fused-ring (bicyclic) bond motifs is 3. The SMILES string of the molecule is [B]c1c([B])c([B])c2c(-c3cccc(-c4nc(-c5ccc6ccccc6c5)nc(-c5ccc6cc(-c7ccccc7)ccc6c5)n4)c3)c([B])c([B])c([B])c2c1[B]. The zero-order chi connectivity index (χ0) is 38.0. The van der Waals surface area contributed by atoms with Crippen molar-refractivity contribution in [1.29, 1.82) is 0 Å². The van der Waals surface area contributed by atoms with Gasteiger partial charge in [-0.15, -0.1) is 16.4 Å². The largest absolute Gasteiger partial charge is 0.208 e. The summed E-state index contributed by atoms with van der Waals surface area (Å²) in [4.78, 5) is 15.2. The van der Waals surface area contributed by atoms with E-state index < -0.39 is 0 Å². The van der Waals surface area contributed by atoms with Gasteiger partial charge in [-0.3, -0.25) is 0 Å². The molecule has 0 fully saturated rings. The summed E-state index contributed by atoms with van der Waals surface area (Å²) in [5.74, 6) is 1.50. The van der Waals surface area contributed by atoms with Gasteiger partial charge in [-0.2, -0.15) is 0 Å². The molecule has 10 heteroatoms. The Morgan fingerprint density at radius 2 is 0.691 bits per heavy atom. The molecular formula is C45H22B7N3. The second-order valence-corrected chi connectivity index (χ2v) is 13.6. The van der Waals surface area contributed by atoms with Crippen LogP contribution in [0.3, 0.4) is 0 Å². The molecule has 0 saturated heterocycles. The van der Waals surface area contributed by atoms with Gasteiger partial charge in [0.1, 0.15) is 54.9 Å². The normalized spacial score (nSPS) is 11.4. The standard InChI is InChI=1S/C45H22B7N3/c46-36-33(34-35(38(48)40(36)50)39(49)42(52)41(51)37(34)47)29-11-6-12-30(22-29)43-53-44(31-17-13-24-9-4-5-10-25(24)20-31)55-45(54-43)32-18-16-27-19-26(14-15-28(27)21-32)23-7-2-1-3-8-23/h1-22H. The highest BCUT2D eigenvalue weighted by Crippen LogP contribution is 2.32. The summed E-state index contributed by atoms with van der Waals surface area (Å²) in [5, 5.41) is 5.22. The fourth-order valence-corrected chi connectivity index (χ4v) is 7.32. The van der Waals surface area contributed by atoms with Gasteiger partial charge in [0.25, 0.3) is 0 Å². The van der Waals surface area contributed by atoms with Crippen LogP contribution < -0.4 is 38.2 Å². The van der Waals surface area contributed by atoms with Crippen LogP contribution in [-0.2, 0) is 0 Å². The van der Waals surface area contributed by atoms with E-state index in [2.05, 4.69) is 66.7 Å². The number of benzene rings is 8. The number of hydrogen-bond donors (Lipinski definition) is 0. The van der Waals surface area contributed by atoms with Crippen LogP contribution in [0.4, 0.5) is 0 Å². The lowest BCUT2D eigenvalue weighted by Crippen LogP contribution is -2.52. The van der Waals surface area contributed by atoms with Gasteiger partial charge in [-0.1, -0.05) is 131 Å². The summed E-state index contributed by atoms with van der Waals surface area (Å²) in [6.45, 7) is 0. The first-order valence-electron chi connectivity index (χ1n) is 17.6. The van der Waals surface area contributed by atoms with Gasteiger partial charge in [-0.05, 0) is 78.8 Å². The summed E-state index contributed by atoms with van der Waals surface area (Å²) >= 11 is 0. The fraction of sp³-hybridized carbons (Fsp3) is 0. The Morgan fingerprint density at radius 3 is 1.31 bits per heavy atom. The highest BCUT2D eigenvalue weighted by molar-refractivity contribution is 6.71. The van der Waals surface area contributed by atoms with Gasteiger partial charge in [0.15, 0.2) is 17.5 Å². The third kappa shape index (κ3) is 6.01. The zero-order valence-corrected chi connectivity index (χ0v) is 29.6. The topological polar surface area (TPSA) is 38.7 Å². The average molecular weight is 680 g/mol. The maximum Gasteiger partial charge on any atom is 0.164 e. The van der Waals surface area contributed by atoms with Crippen molar-refractivity contribution in [2.75, 3.05) is 0 Å². The summed E-state index contributed by atoms with van der Waals surface area (Å²) in [5.41, 5.74) is 7.13. The molecule has 14 radical (unpaired) electrons. The van der Waals surface area contributed by atoms with Crippen LogP contribution in [0, 0.1) is 0 Å². The Hall–Kier alpha value is -6.00. The summed E-state index contributed by atoms with van der Waals surface area (Å²) in [6.07, 6.45) is 0. The minimum absolute atomic E-state index is 0.129. The first-order valence-corrected chi connectivity index (χ1v) is 17.6. The van der Waals surface area contributed by atoms with Gasteiger partial charge in [-0.25, -0.2) is 15.0 Å². The molecule has 8 aromatic carbocycles. The van der Waals surface area contributed by atoms with Crippen molar-refractivity contribution in [1.82, 2.24) is 15.0 Å². The van der Waals surface area contributed by atoms with Crippen LogP contribution in [0.1, 0.15) is 0 Å². The van der Waals surface area contributed by atoms with Gasteiger partial charge in [0, 0.05) is 16.7 Å². The van der Waals surface area contributed by atoms with Crippen molar-refractivity contribution in [3.8, 4) is 56.4 Å². The molecule has 0 aliphatic rings. The van der Waals surface area contributed by atoms with Gasteiger partial charge in [0.05, 0.1) is 0 Å². The van der Waals surface area contributed by atoms with Crippen molar-refractivity contribution in [3.63, 3.8) is 0 Å². The monoisotopic (exact) mass is 681 g/mol. The molecule has 1 aromatic heterocycles. The Balaban J connectivity index is 1.23. The van der Waals surface area contributed by atoms with Gasteiger partial charge in [0.2, 0.25) is 0 Å². The lowest BCUT2D eigenvalue weighted by Gasteiger charge is -2.25. The molecule has 9 rings (SSSR count). The molecule has 0 atom stereocenters. The smallest absolute Gasteiger partial charge is 0.164 e. The van der Waals surface area contributed by atoms with E-state index >= 15 is 0 Å². The minimum atomic E-state index is 0.129. The van der Waals surface area contributed by atoms with E-state index in [1.165, 1.54) is 0 Å². The Bertz CT molecular complexity index is 3010. The average Bonchev–Trinajstić information content (AvgIpc) is 3.23. The van der Waals surface area contributed by atoms with E-state index in [-0.39, 0.29) is 38.2 Å². The number of aromatic nitrogens is 3. The van der Waals surface area contributed by atoms with E-state index in [0.29, 0.717) is 44.9 Å². The number of rotatable bonds is 5. The third-order valence-corrected chi connectivity index (χ3v) is 10.3. The van der Waals surface area contributed by atoms with Crippen molar-refractivity contribution < 1.29 is 0 Å². The van der Waals surface area contributed by atoms with Crippen molar-refractivity contribution in [2.24, 2.45) is 0 Å². The Labute approximate surface area is 328 Å². The predicted octanol–water partition coefficient (Wildman–Crippen LogP) is 3.22. The molecule has 0 aliphatic carbocycles. The van der Waals surface area contributed by atoms with Crippen LogP contribution in [0.15, 0.2) is 133 Å². The van der Waals surface area contributed by atoms with E-state index in [1.54, 1.807) is 0 Å². The first kappa shape index (κ1) is 34.8. The minimum Gasteiger partial charge on any atom is -0.208 e. The molecule has 238 valence electrons. The van der Waals surface area contributed by atoms with Crippen LogP contribution in [-0.4, -0.2) is 69.9 Å². The van der Waals surface area contributed by atoms with Crippen molar-refractivity contribution in [3.05, 3.63) is 133 Å². The van der Waals surface area contributed by atoms with E-state index in [0.717, 1.165) is 43.8 Å². The van der Waals surface area contributed by atoms with Crippen molar-refractivity contribution >= 4 is 125 Å². The van der Waals surface area contributed by atoms with Crippen LogP contribution in [0.2, 0.25) is 0 Å². The van der Waals surface area contributed by atoms with Gasteiger partial charge < -0.3 is 0 Å². The Kier molecular flexibility index (Phi) is 8.65. The van der Waals surface area contributed by atoms with E-state index in [9.17, 15) is 0 Å². The highest BCUT2D eigenvalue weighted by Gasteiger charge is 2.20. The lowest BCUT2D eigenvalue weighted by atomic mass is 9.59. The van der Waals surface area contributed by atoms with E-state index in [4.69, 9.17) is 69.9 Å². The highest BCUT2D eigenvalue weighted by atomic mass is 15.0. The van der Waals surface area contributed by atoms with Crippen molar-refractivity contribution in [2.45, 2.75) is 0 Å². The maximum absolute atomic E-state index is 6.70. The molecule has 0 unspecified atom stereocenters. The number of nitrogens with zero attached hydrogens (tertiary/aromatic N) is 3. The van der Waals surface area contributed by atoms with Gasteiger partial charge >= 0.3 is 0 Å².